The van der Waals surface area contributed by atoms with Gasteiger partial charge in [0.25, 0.3) is 0 Å². The van der Waals surface area contributed by atoms with Gasteiger partial charge < -0.3 is 19.5 Å². The Morgan fingerprint density at radius 2 is 1.74 bits per heavy atom. The average Bonchev–Trinajstić information content (AvgIpc) is 2.88. The summed E-state index contributed by atoms with van der Waals surface area (Å²) in [4.78, 5) is 15.5. The van der Waals surface area contributed by atoms with Crippen LogP contribution in [-0.2, 0) is 11.2 Å². The second kappa shape index (κ2) is 9.77. The normalized spacial score (nSPS) is 19.4. The molecule has 0 aromatic heterocycles. The molecule has 0 aliphatic carbocycles. The molecule has 6 nitrogen and oxygen atoms in total. The van der Waals surface area contributed by atoms with E-state index < -0.39 is 0 Å². The van der Waals surface area contributed by atoms with Gasteiger partial charge in [-0.2, -0.15) is 0 Å². The summed E-state index contributed by atoms with van der Waals surface area (Å²) in [6.45, 7) is 1.69. The van der Waals surface area contributed by atoms with Crippen molar-refractivity contribution in [3.8, 4) is 17.2 Å². The SMILES string of the molecule is COc1cc2c(cc1OC)C(c1ccccc1)N(CC(=O)NC1CCOc3ccccc31)CC2. The molecule has 3 aromatic carbocycles. The number of nitrogens with zero attached hydrogens (tertiary/aromatic N) is 1. The Bertz CT molecular complexity index is 1160. The zero-order valence-electron chi connectivity index (χ0n) is 19.6. The fraction of sp³-hybridized carbons (Fsp3) is 0.321. The average molecular weight is 459 g/mol. The van der Waals surface area contributed by atoms with E-state index in [1.54, 1.807) is 14.2 Å². The highest BCUT2D eigenvalue weighted by atomic mass is 16.5. The van der Waals surface area contributed by atoms with Crippen LogP contribution < -0.4 is 19.5 Å². The number of fused-ring (bicyclic) bond motifs is 2. The summed E-state index contributed by atoms with van der Waals surface area (Å²) in [5, 5.41) is 3.25. The first kappa shape index (κ1) is 22.3. The van der Waals surface area contributed by atoms with E-state index >= 15 is 0 Å². The zero-order valence-corrected chi connectivity index (χ0v) is 19.6. The summed E-state index contributed by atoms with van der Waals surface area (Å²) < 4.78 is 16.9. The van der Waals surface area contributed by atoms with E-state index in [0.717, 1.165) is 47.6 Å². The second-order valence-corrected chi connectivity index (χ2v) is 8.73. The van der Waals surface area contributed by atoms with E-state index in [1.165, 1.54) is 5.56 Å². The van der Waals surface area contributed by atoms with Crippen LogP contribution in [0.5, 0.6) is 17.2 Å². The number of rotatable bonds is 6. The summed E-state index contributed by atoms with van der Waals surface area (Å²) in [5.41, 5.74) is 4.57. The maximum absolute atomic E-state index is 13.3. The molecule has 2 aliphatic heterocycles. The van der Waals surface area contributed by atoms with Crippen molar-refractivity contribution in [2.75, 3.05) is 33.9 Å². The lowest BCUT2D eigenvalue weighted by molar-refractivity contribution is -0.123. The summed E-state index contributed by atoms with van der Waals surface area (Å²) in [7, 11) is 3.31. The lowest BCUT2D eigenvalue weighted by atomic mass is 9.87. The number of nitrogens with one attached hydrogen (secondary N) is 1. The van der Waals surface area contributed by atoms with Crippen molar-refractivity contribution in [3.63, 3.8) is 0 Å². The minimum atomic E-state index is -0.0440. The van der Waals surface area contributed by atoms with Crippen molar-refractivity contribution in [2.45, 2.75) is 24.9 Å². The molecule has 2 aliphatic rings. The van der Waals surface area contributed by atoms with E-state index in [1.807, 2.05) is 42.5 Å². The maximum atomic E-state index is 13.3. The lowest BCUT2D eigenvalue weighted by Gasteiger charge is -2.38. The topological polar surface area (TPSA) is 60.0 Å². The van der Waals surface area contributed by atoms with Crippen LogP contribution in [0.25, 0.3) is 0 Å². The van der Waals surface area contributed by atoms with E-state index in [2.05, 4.69) is 34.5 Å². The van der Waals surface area contributed by atoms with Crippen LogP contribution in [0.15, 0.2) is 66.7 Å². The number of carbonyl (C=O) groups excluding carboxylic acids is 1. The molecule has 2 heterocycles. The van der Waals surface area contributed by atoms with Crippen LogP contribution in [0.4, 0.5) is 0 Å². The molecule has 0 saturated carbocycles. The lowest BCUT2D eigenvalue weighted by Crippen LogP contribution is -2.44. The third kappa shape index (κ3) is 4.33. The molecule has 1 amide bonds. The Labute approximate surface area is 200 Å². The number of hydrogen-bond acceptors (Lipinski definition) is 5. The standard InChI is InChI=1S/C28H30N2O4/c1-32-25-16-20-12-14-30(28(19-8-4-3-5-9-19)22(20)17-26(25)33-2)18-27(31)29-23-13-15-34-24-11-7-6-10-21(23)24/h3-11,16-17,23,28H,12-15,18H2,1-2H3,(H,29,31). The van der Waals surface area contributed by atoms with Crippen molar-refractivity contribution < 1.29 is 19.0 Å². The molecule has 3 aromatic rings. The Hall–Kier alpha value is -3.51. The quantitative estimate of drug-likeness (QED) is 0.597. The molecule has 0 radical (unpaired) electrons. The van der Waals surface area contributed by atoms with Crippen LogP contribution in [-0.4, -0.2) is 44.7 Å². The third-order valence-electron chi connectivity index (χ3n) is 6.73. The number of methoxy groups -OCH3 is 2. The van der Waals surface area contributed by atoms with Gasteiger partial charge in [0.15, 0.2) is 11.5 Å². The van der Waals surface area contributed by atoms with E-state index in [9.17, 15) is 4.79 Å². The Balaban J connectivity index is 1.42. The predicted molar refractivity (Wildman–Crippen MR) is 131 cm³/mol. The third-order valence-corrected chi connectivity index (χ3v) is 6.73. The minimum Gasteiger partial charge on any atom is -0.493 e. The molecular formula is C28H30N2O4. The van der Waals surface area contributed by atoms with E-state index in [-0.39, 0.29) is 18.0 Å². The monoisotopic (exact) mass is 458 g/mol. The molecular weight excluding hydrogens is 428 g/mol. The number of para-hydroxylation sites is 1. The van der Waals surface area contributed by atoms with Gasteiger partial charge >= 0.3 is 0 Å². The number of benzene rings is 3. The predicted octanol–water partition coefficient (Wildman–Crippen LogP) is 4.29. The Kier molecular flexibility index (Phi) is 6.41. The summed E-state index contributed by atoms with van der Waals surface area (Å²) in [5.74, 6) is 2.31. The molecule has 34 heavy (non-hydrogen) atoms. The van der Waals surface area contributed by atoms with Gasteiger partial charge in [0, 0.05) is 18.5 Å². The highest BCUT2D eigenvalue weighted by Gasteiger charge is 2.32. The van der Waals surface area contributed by atoms with Gasteiger partial charge in [-0.25, -0.2) is 0 Å². The van der Waals surface area contributed by atoms with Crippen molar-refractivity contribution in [2.24, 2.45) is 0 Å². The number of ether oxygens (including phenoxy) is 3. The van der Waals surface area contributed by atoms with E-state index in [0.29, 0.717) is 18.9 Å². The summed E-state index contributed by atoms with van der Waals surface area (Å²) in [6, 6.07) is 22.3. The molecule has 0 fully saturated rings. The number of carbonyl (C=O) groups is 1. The van der Waals surface area contributed by atoms with Gasteiger partial charge in [-0.05, 0) is 41.3 Å². The van der Waals surface area contributed by atoms with Crippen molar-refractivity contribution in [3.05, 3.63) is 89.0 Å². The molecule has 0 saturated heterocycles. The van der Waals surface area contributed by atoms with Crippen LogP contribution in [0.3, 0.4) is 0 Å². The molecule has 6 heteroatoms. The van der Waals surface area contributed by atoms with Gasteiger partial charge in [-0.1, -0.05) is 48.5 Å². The van der Waals surface area contributed by atoms with Crippen molar-refractivity contribution >= 4 is 5.91 Å². The first-order valence-corrected chi connectivity index (χ1v) is 11.7. The molecule has 176 valence electrons. The van der Waals surface area contributed by atoms with Gasteiger partial charge in [0.1, 0.15) is 5.75 Å². The Morgan fingerprint density at radius 1 is 1.00 bits per heavy atom. The molecule has 0 bridgehead atoms. The number of amides is 1. The van der Waals surface area contributed by atoms with Gasteiger partial charge in [0.2, 0.25) is 5.91 Å². The first-order valence-electron chi connectivity index (χ1n) is 11.7. The van der Waals surface area contributed by atoms with Gasteiger partial charge in [-0.15, -0.1) is 0 Å². The van der Waals surface area contributed by atoms with Crippen molar-refractivity contribution in [1.82, 2.24) is 10.2 Å². The van der Waals surface area contributed by atoms with Crippen LogP contribution in [0.2, 0.25) is 0 Å². The van der Waals surface area contributed by atoms with Crippen molar-refractivity contribution in [1.29, 1.82) is 0 Å². The molecule has 2 atom stereocenters. The summed E-state index contributed by atoms with van der Waals surface area (Å²) in [6.07, 6.45) is 1.61. The smallest absolute Gasteiger partial charge is 0.234 e. The number of hydrogen-bond donors (Lipinski definition) is 1. The zero-order chi connectivity index (χ0) is 23.5. The van der Waals surface area contributed by atoms with Crippen LogP contribution in [0.1, 0.15) is 40.8 Å². The summed E-state index contributed by atoms with van der Waals surface area (Å²) >= 11 is 0. The van der Waals surface area contributed by atoms with Crippen LogP contribution in [0, 0.1) is 0 Å². The maximum Gasteiger partial charge on any atom is 0.234 e. The van der Waals surface area contributed by atoms with Crippen LogP contribution >= 0.6 is 0 Å². The molecule has 0 spiro atoms. The highest BCUT2D eigenvalue weighted by molar-refractivity contribution is 5.79. The fourth-order valence-corrected chi connectivity index (χ4v) is 5.11. The first-order chi connectivity index (χ1) is 16.7. The molecule has 5 rings (SSSR count). The largest absolute Gasteiger partial charge is 0.493 e. The molecule has 1 N–H and O–H groups in total. The molecule has 2 unspecified atom stereocenters. The second-order valence-electron chi connectivity index (χ2n) is 8.73. The highest BCUT2D eigenvalue weighted by Crippen LogP contribution is 2.41. The minimum absolute atomic E-state index is 0.0200. The fourth-order valence-electron chi connectivity index (χ4n) is 5.11. The Morgan fingerprint density at radius 3 is 2.53 bits per heavy atom. The van der Waals surface area contributed by atoms with Gasteiger partial charge in [0.05, 0.1) is 39.5 Å². The van der Waals surface area contributed by atoms with Gasteiger partial charge in [-0.3, -0.25) is 9.69 Å². The van der Waals surface area contributed by atoms with E-state index in [4.69, 9.17) is 14.2 Å².